The Bertz CT molecular complexity index is 897. The minimum Gasteiger partial charge on any atom is -0.294 e. The summed E-state index contributed by atoms with van der Waals surface area (Å²) >= 11 is 3.44. The van der Waals surface area contributed by atoms with Crippen LogP contribution in [0.4, 0.5) is 5.69 Å². The number of ketones is 1. The Morgan fingerprint density at radius 2 is 1.65 bits per heavy atom. The number of nitrogens with zero attached hydrogens (tertiary/aromatic N) is 1. The maximum absolute atomic E-state index is 13.1. The summed E-state index contributed by atoms with van der Waals surface area (Å²) in [6, 6.07) is 15.9. The van der Waals surface area contributed by atoms with Gasteiger partial charge < -0.3 is 0 Å². The van der Waals surface area contributed by atoms with Crippen LogP contribution in [0.3, 0.4) is 0 Å². The number of amides is 1. The maximum Gasteiger partial charge on any atom is 0.232 e. The fourth-order valence-electron chi connectivity index (χ4n) is 3.97. The molecule has 1 unspecified atom stereocenters. The molecule has 0 saturated carbocycles. The molecule has 0 spiro atoms. The molecule has 1 aliphatic carbocycles. The predicted molar refractivity (Wildman–Crippen MR) is 106 cm³/mol. The van der Waals surface area contributed by atoms with Crippen LogP contribution in [0, 0.1) is 6.92 Å². The first-order chi connectivity index (χ1) is 12.5. The van der Waals surface area contributed by atoms with Crippen molar-refractivity contribution in [1.82, 2.24) is 0 Å². The van der Waals surface area contributed by atoms with E-state index >= 15 is 0 Å². The van der Waals surface area contributed by atoms with Gasteiger partial charge >= 0.3 is 0 Å². The van der Waals surface area contributed by atoms with E-state index in [1.54, 1.807) is 4.90 Å². The first-order valence-corrected chi connectivity index (χ1v) is 9.75. The second-order valence-corrected chi connectivity index (χ2v) is 7.93. The molecule has 0 N–H and O–H groups in total. The van der Waals surface area contributed by atoms with Gasteiger partial charge in [-0.25, -0.2) is 0 Å². The van der Waals surface area contributed by atoms with Gasteiger partial charge in [-0.1, -0.05) is 45.8 Å². The molecule has 1 aliphatic heterocycles. The van der Waals surface area contributed by atoms with Gasteiger partial charge in [0.25, 0.3) is 0 Å². The van der Waals surface area contributed by atoms with Crippen LogP contribution in [0.5, 0.6) is 0 Å². The van der Waals surface area contributed by atoms with Gasteiger partial charge in [-0.05, 0) is 49.6 Å². The van der Waals surface area contributed by atoms with Crippen molar-refractivity contribution in [3.05, 3.63) is 75.4 Å². The van der Waals surface area contributed by atoms with E-state index in [0.717, 1.165) is 39.8 Å². The lowest BCUT2D eigenvalue weighted by Crippen LogP contribution is -2.40. The van der Waals surface area contributed by atoms with E-state index in [0.29, 0.717) is 12.8 Å². The third kappa shape index (κ3) is 3.03. The van der Waals surface area contributed by atoms with Gasteiger partial charge in [0.1, 0.15) is 0 Å². The average Bonchev–Trinajstić information content (AvgIpc) is 2.63. The summed E-state index contributed by atoms with van der Waals surface area (Å²) in [5, 5.41) is 0. The van der Waals surface area contributed by atoms with Crippen LogP contribution in [-0.2, 0) is 9.59 Å². The number of hydrogen-bond acceptors (Lipinski definition) is 2. The first-order valence-electron chi connectivity index (χ1n) is 8.96. The maximum atomic E-state index is 13.1. The Morgan fingerprint density at radius 3 is 2.35 bits per heavy atom. The zero-order valence-electron chi connectivity index (χ0n) is 14.7. The van der Waals surface area contributed by atoms with Gasteiger partial charge in [0.05, 0.1) is 0 Å². The lowest BCUT2D eigenvalue weighted by atomic mass is 9.77. The topological polar surface area (TPSA) is 37.4 Å². The Kier molecular flexibility index (Phi) is 4.53. The summed E-state index contributed by atoms with van der Waals surface area (Å²) in [7, 11) is 0. The number of rotatable bonds is 2. The molecule has 4 heteroatoms. The minimum atomic E-state index is -0.127. The molecule has 2 aromatic carbocycles. The van der Waals surface area contributed by atoms with Crippen molar-refractivity contribution >= 4 is 33.3 Å². The molecule has 0 saturated heterocycles. The highest BCUT2D eigenvalue weighted by atomic mass is 79.9. The summed E-state index contributed by atoms with van der Waals surface area (Å²) in [4.78, 5) is 27.6. The summed E-state index contributed by atoms with van der Waals surface area (Å²) in [6.07, 6.45) is 2.48. The number of benzene rings is 2. The minimum absolute atomic E-state index is 0.0614. The standard InChI is InChI=1S/C22H20BrNO2/c1-14-5-7-15(8-6-14)18-13-21(26)24(17-11-9-16(23)10-12-17)19-3-2-4-20(25)22(18)19/h5-12,18H,2-4,13H2,1H3. The molecule has 3 nitrogen and oxygen atoms in total. The molecule has 0 bridgehead atoms. The number of allylic oxidation sites excluding steroid dienone is 2. The highest BCUT2D eigenvalue weighted by Gasteiger charge is 2.39. The van der Waals surface area contributed by atoms with Crippen LogP contribution < -0.4 is 4.90 Å². The molecule has 2 aliphatic rings. The van der Waals surface area contributed by atoms with Crippen molar-refractivity contribution in [2.45, 2.75) is 38.5 Å². The molecular weight excluding hydrogens is 390 g/mol. The summed E-state index contributed by atoms with van der Waals surface area (Å²) in [5.41, 5.74) is 4.80. The van der Waals surface area contributed by atoms with Crippen LogP contribution in [0.2, 0.25) is 0 Å². The van der Waals surface area contributed by atoms with Crippen molar-refractivity contribution in [2.75, 3.05) is 4.90 Å². The van der Waals surface area contributed by atoms with Crippen molar-refractivity contribution in [2.24, 2.45) is 0 Å². The first kappa shape index (κ1) is 17.2. The van der Waals surface area contributed by atoms with Crippen molar-refractivity contribution in [1.29, 1.82) is 0 Å². The van der Waals surface area contributed by atoms with Gasteiger partial charge in [0.15, 0.2) is 5.78 Å². The number of aryl methyl sites for hydroxylation is 1. The lowest BCUT2D eigenvalue weighted by molar-refractivity contribution is -0.119. The van der Waals surface area contributed by atoms with Crippen LogP contribution in [0.1, 0.15) is 42.7 Å². The summed E-state index contributed by atoms with van der Waals surface area (Å²) in [5.74, 6) is 0.121. The fraction of sp³-hybridized carbons (Fsp3) is 0.273. The zero-order chi connectivity index (χ0) is 18.3. The second-order valence-electron chi connectivity index (χ2n) is 7.01. The van der Waals surface area contributed by atoms with E-state index in [-0.39, 0.29) is 17.6 Å². The van der Waals surface area contributed by atoms with Crippen LogP contribution in [-0.4, -0.2) is 11.7 Å². The molecule has 0 fully saturated rings. The third-order valence-electron chi connectivity index (χ3n) is 5.24. The number of carbonyl (C=O) groups excluding carboxylic acids is 2. The second kappa shape index (κ2) is 6.84. The Hall–Kier alpha value is -2.20. The quantitative estimate of drug-likeness (QED) is 0.675. The number of hydrogen-bond donors (Lipinski definition) is 0. The summed E-state index contributed by atoms with van der Waals surface area (Å²) < 4.78 is 0.970. The van der Waals surface area contributed by atoms with Gasteiger partial charge in [-0.2, -0.15) is 0 Å². The molecule has 1 amide bonds. The molecule has 4 rings (SSSR count). The van der Waals surface area contributed by atoms with Gasteiger partial charge in [-0.15, -0.1) is 0 Å². The molecule has 26 heavy (non-hydrogen) atoms. The van der Waals surface area contributed by atoms with Crippen LogP contribution in [0.25, 0.3) is 0 Å². The smallest absolute Gasteiger partial charge is 0.232 e. The van der Waals surface area contributed by atoms with E-state index in [2.05, 4.69) is 40.2 Å². The van der Waals surface area contributed by atoms with E-state index in [4.69, 9.17) is 0 Å². The van der Waals surface area contributed by atoms with Crippen molar-refractivity contribution < 1.29 is 9.59 Å². The van der Waals surface area contributed by atoms with E-state index < -0.39 is 0 Å². The molecule has 132 valence electrons. The number of carbonyl (C=O) groups is 2. The molecule has 0 radical (unpaired) electrons. The van der Waals surface area contributed by atoms with E-state index in [1.807, 2.05) is 31.2 Å². The number of halogens is 1. The highest BCUT2D eigenvalue weighted by Crippen LogP contribution is 2.43. The molecule has 1 heterocycles. The third-order valence-corrected chi connectivity index (χ3v) is 5.77. The van der Waals surface area contributed by atoms with E-state index in [1.165, 1.54) is 5.56 Å². The largest absolute Gasteiger partial charge is 0.294 e. The SMILES string of the molecule is Cc1ccc(C2CC(=O)N(c3ccc(Br)cc3)C3=C2C(=O)CCC3)cc1. The molecule has 2 aromatic rings. The molecule has 1 atom stereocenters. The Balaban J connectivity index is 1.84. The zero-order valence-corrected chi connectivity index (χ0v) is 16.3. The number of Topliss-reactive ketones (excluding diaryl/α,β-unsaturated/α-hetero) is 1. The highest BCUT2D eigenvalue weighted by molar-refractivity contribution is 9.10. The predicted octanol–water partition coefficient (Wildman–Crippen LogP) is 5.29. The number of anilines is 1. The normalized spacial score (nSPS) is 20.4. The van der Waals surface area contributed by atoms with E-state index in [9.17, 15) is 9.59 Å². The molecular formula is C22H20BrNO2. The molecule has 0 aromatic heterocycles. The van der Waals surface area contributed by atoms with Crippen molar-refractivity contribution in [3.63, 3.8) is 0 Å². The van der Waals surface area contributed by atoms with Crippen LogP contribution in [0.15, 0.2) is 64.3 Å². The summed E-state index contributed by atoms with van der Waals surface area (Å²) in [6.45, 7) is 2.04. The lowest BCUT2D eigenvalue weighted by Gasteiger charge is -2.38. The van der Waals surface area contributed by atoms with Gasteiger partial charge in [0, 0.05) is 40.2 Å². The Labute approximate surface area is 161 Å². The van der Waals surface area contributed by atoms with Gasteiger partial charge in [0.2, 0.25) is 5.91 Å². The Morgan fingerprint density at radius 1 is 0.962 bits per heavy atom. The monoisotopic (exact) mass is 409 g/mol. The van der Waals surface area contributed by atoms with Crippen LogP contribution >= 0.6 is 15.9 Å². The van der Waals surface area contributed by atoms with Crippen molar-refractivity contribution in [3.8, 4) is 0 Å². The van der Waals surface area contributed by atoms with Gasteiger partial charge in [-0.3, -0.25) is 14.5 Å². The average molecular weight is 410 g/mol. The fourth-order valence-corrected chi connectivity index (χ4v) is 4.23.